The monoisotopic (exact) mass is 231 g/mol. The maximum absolute atomic E-state index is 11.2. The lowest BCUT2D eigenvalue weighted by molar-refractivity contribution is -0.0433. The van der Waals surface area contributed by atoms with Crippen molar-refractivity contribution in [2.75, 3.05) is 25.7 Å². The molecule has 0 radical (unpaired) electrons. The lowest BCUT2D eigenvalue weighted by atomic mass is 10.3. The fraction of sp³-hybridized carbons (Fsp3) is 0.333. The molecule has 1 aromatic carbocycles. The van der Waals surface area contributed by atoms with Gasteiger partial charge >= 0.3 is 0 Å². The first kappa shape index (κ1) is 12.0. The highest BCUT2D eigenvalue weighted by Gasteiger charge is 2.09. The fourth-order valence-electron chi connectivity index (χ4n) is 1.10. The van der Waals surface area contributed by atoms with Crippen molar-refractivity contribution < 1.29 is 18.1 Å². The summed E-state index contributed by atoms with van der Waals surface area (Å²) in [6.07, 6.45) is 1.16. The summed E-state index contributed by atoms with van der Waals surface area (Å²) in [7, 11) is -0.254. The van der Waals surface area contributed by atoms with Crippen LogP contribution in [0.3, 0.4) is 0 Å². The van der Waals surface area contributed by atoms with E-state index >= 15 is 0 Å². The summed E-state index contributed by atoms with van der Waals surface area (Å²) < 4.78 is 22.4. The Bertz CT molecular complexity index is 408. The fourth-order valence-corrected chi connectivity index (χ4v) is 1.73. The Morgan fingerprint density at radius 3 is 1.87 bits per heavy atom. The van der Waals surface area contributed by atoms with Crippen LogP contribution in [0.4, 0.5) is 5.69 Å². The zero-order valence-electron chi connectivity index (χ0n) is 8.80. The Labute approximate surface area is 89.0 Å². The molecule has 0 unspecified atom stereocenters. The predicted molar refractivity (Wildman–Crippen MR) is 56.0 cm³/mol. The van der Waals surface area contributed by atoms with Crippen LogP contribution in [-0.2, 0) is 19.5 Å². The summed E-state index contributed by atoms with van der Waals surface area (Å²) in [6.45, 7) is 0. The average Bonchev–Trinajstić information content (AvgIpc) is 2.19. The lowest BCUT2D eigenvalue weighted by Gasteiger charge is -2.17. The molecule has 0 spiro atoms. The number of rotatable bonds is 4. The molecule has 0 atom stereocenters. The van der Waals surface area contributed by atoms with Gasteiger partial charge in [-0.2, -0.15) is 0 Å². The van der Waals surface area contributed by atoms with E-state index in [1.807, 2.05) is 0 Å². The molecule has 0 saturated heterocycles. The van der Waals surface area contributed by atoms with E-state index in [2.05, 4.69) is 0 Å². The summed E-state index contributed by atoms with van der Waals surface area (Å²) in [5.74, 6) is 0. The molecule has 0 fully saturated rings. The first-order chi connectivity index (χ1) is 6.99. The largest absolute Gasteiger partial charge is 0.252 e. The van der Waals surface area contributed by atoms with Crippen molar-refractivity contribution in [1.29, 1.82) is 0 Å². The van der Waals surface area contributed by atoms with Gasteiger partial charge in [0.15, 0.2) is 9.84 Å². The van der Waals surface area contributed by atoms with Gasteiger partial charge in [-0.3, -0.25) is 9.68 Å². The van der Waals surface area contributed by atoms with E-state index in [1.165, 1.54) is 31.6 Å². The van der Waals surface area contributed by atoms with Crippen LogP contribution in [0.25, 0.3) is 0 Å². The van der Waals surface area contributed by atoms with Gasteiger partial charge in [0.05, 0.1) is 24.8 Å². The summed E-state index contributed by atoms with van der Waals surface area (Å²) in [5, 5.41) is 1.17. The molecule has 6 heteroatoms. The van der Waals surface area contributed by atoms with Crippen molar-refractivity contribution in [3.8, 4) is 0 Å². The molecule has 0 amide bonds. The number of anilines is 1. The average molecular weight is 231 g/mol. The number of sulfone groups is 1. The molecular weight excluding hydrogens is 218 g/mol. The van der Waals surface area contributed by atoms with Crippen LogP contribution in [0.15, 0.2) is 29.2 Å². The van der Waals surface area contributed by atoms with Crippen molar-refractivity contribution in [2.24, 2.45) is 0 Å². The minimum absolute atomic E-state index is 0.262. The Kier molecular flexibility index (Phi) is 3.67. The van der Waals surface area contributed by atoms with Crippen molar-refractivity contribution in [2.45, 2.75) is 4.90 Å². The summed E-state index contributed by atoms with van der Waals surface area (Å²) in [6, 6.07) is 6.19. The van der Waals surface area contributed by atoms with Crippen molar-refractivity contribution >= 4 is 15.5 Å². The van der Waals surface area contributed by atoms with Gasteiger partial charge in [0.2, 0.25) is 0 Å². The highest BCUT2D eigenvalue weighted by atomic mass is 32.2. The molecule has 0 aliphatic heterocycles. The highest BCUT2D eigenvalue weighted by Crippen LogP contribution is 2.17. The van der Waals surface area contributed by atoms with Gasteiger partial charge in [0.25, 0.3) is 0 Å². The van der Waals surface area contributed by atoms with Crippen LogP contribution in [0.5, 0.6) is 0 Å². The molecule has 1 aromatic rings. The molecular formula is C9H13NO4S. The van der Waals surface area contributed by atoms with E-state index in [-0.39, 0.29) is 4.90 Å². The van der Waals surface area contributed by atoms with Gasteiger partial charge in [-0.1, -0.05) is 0 Å². The Morgan fingerprint density at radius 1 is 1.07 bits per heavy atom. The van der Waals surface area contributed by atoms with E-state index in [1.54, 1.807) is 12.1 Å². The summed E-state index contributed by atoms with van der Waals surface area (Å²) in [4.78, 5) is 10.0. The Balaban J connectivity index is 3.00. The second-order valence-electron chi connectivity index (χ2n) is 2.89. The van der Waals surface area contributed by atoms with E-state index in [0.717, 1.165) is 6.26 Å². The number of nitrogens with zero attached hydrogens (tertiary/aromatic N) is 1. The maximum Gasteiger partial charge on any atom is 0.175 e. The standard InChI is InChI=1S/C9H13NO4S/c1-13-10(14-2)8-4-6-9(7-5-8)15(3,11)12/h4-7H,1-3H3. The number of hydrogen-bond donors (Lipinski definition) is 0. The van der Waals surface area contributed by atoms with E-state index in [9.17, 15) is 8.42 Å². The van der Waals surface area contributed by atoms with Gasteiger partial charge in [-0.15, -0.1) is 5.23 Å². The first-order valence-electron chi connectivity index (χ1n) is 4.17. The molecule has 0 heterocycles. The first-order valence-corrected chi connectivity index (χ1v) is 6.06. The normalized spacial score (nSPS) is 11.4. The van der Waals surface area contributed by atoms with Gasteiger partial charge < -0.3 is 0 Å². The van der Waals surface area contributed by atoms with Crippen LogP contribution in [-0.4, -0.2) is 28.9 Å². The predicted octanol–water partition coefficient (Wildman–Crippen LogP) is 1.02. The van der Waals surface area contributed by atoms with E-state index in [4.69, 9.17) is 9.68 Å². The van der Waals surface area contributed by atoms with Gasteiger partial charge in [0, 0.05) is 6.26 Å². The molecule has 15 heavy (non-hydrogen) atoms. The third kappa shape index (κ3) is 2.92. The minimum atomic E-state index is -3.16. The minimum Gasteiger partial charge on any atom is -0.252 e. The van der Waals surface area contributed by atoms with E-state index in [0.29, 0.717) is 5.69 Å². The molecule has 0 aromatic heterocycles. The van der Waals surface area contributed by atoms with Gasteiger partial charge in [-0.05, 0) is 24.3 Å². The van der Waals surface area contributed by atoms with Gasteiger partial charge in [-0.25, -0.2) is 8.42 Å². The topological polar surface area (TPSA) is 55.8 Å². The second-order valence-corrected chi connectivity index (χ2v) is 4.90. The van der Waals surface area contributed by atoms with Crippen LogP contribution in [0.1, 0.15) is 0 Å². The lowest BCUT2D eigenvalue weighted by Crippen LogP contribution is -2.19. The third-order valence-corrected chi connectivity index (χ3v) is 2.94. The van der Waals surface area contributed by atoms with E-state index < -0.39 is 9.84 Å². The summed E-state index contributed by atoms with van der Waals surface area (Å²) >= 11 is 0. The van der Waals surface area contributed by atoms with Crippen LogP contribution in [0.2, 0.25) is 0 Å². The second kappa shape index (κ2) is 4.61. The summed E-state index contributed by atoms with van der Waals surface area (Å²) in [5.41, 5.74) is 0.618. The van der Waals surface area contributed by atoms with Crippen molar-refractivity contribution in [3.63, 3.8) is 0 Å². The third-order valence-electron chi connectivity index (χ3n) is 1.81. The maximum atomic E-state index is 11.2. The Morgan fingerprint density at radius 2 is 1.53 bits per heavy atom. The number of benzene rings is 1. The smallest absolute Gasteiger partial charge is 0.175 e. The van der Waals surface area contributed by atoms with Crippen LogP contribution >= 0.6 is 0 Å². The van der Waals surface area contributed by atoms with Crippen molar-refractivity contribution in [1.82, 2.24) is 0 Å². The highest BCUT2D eigenvalue weighted by molar-refractivity contribution is 7.90. The molecule has 0 N–H and O–H groups in total. The SMILES string of the molecule is CON(OC)c1ccc(S(C)(=O)=O)cc1. The quantitative estimate of drug-likeness (QED) is 0.724. The molecule has 0 aliphatic rings. The zero-order valence-corrected chi connectivity index (χ0v) is 9.61. The van der Waals surface area contributed by atoms with Crippen molar-refractivity contribution in [3.05, 3.63) is 24.3 Å². The molecule has 1 rings (SSSR count). The zero-order chi connectivity index (χ0) is 11.5. The Hall–Kier alpha value is -1.11. The molecule has 0 saturated carbocycles. The number of hydrogen-bond acceptors (Lipinski definition) is 5. The molecule has 5 nitrogen and oxygen atoms in total. The molecule has 0 aliphatic carbocycles. The molecule has 84 valence electrons. The van der Waals surface area contributed by atoms with Crippen LogP contribution < -0.4 is 5.23 Å². The van der Waals surface area contributed by atoms with Crippen LogP contribution in [0, 0.1) is 0 Å². The molecule has 0 bridgehead atoms. The van der Waals surface area contributed by atoms with Gasteiger partial charge in [0.1, 0.15) is 0 Å².